The predicted molar refractivity (Wildman–Crippen MR) is 42.8 cm³/mol. The van der Waals surface area contributed by atoms with Crippen LogP contribution in [0.3, 0.4) is 0 Å². The molecule has 4 nitrogen and oxygen atoms in total. The number of nitrogens with zero attached hydrogens (tertiary/aromatic N) is 1. The Morgan fingerprint density at radius 3 is 2.64 bits per heavy atom. The molecule has 0 aliphatic carbocycles. The maximum absolute atomic E-state index is 10.8. The van der Waals surface area contributed by atoms with Gasteiger partial charge in [-0.1, -0.05) is 5.16 Å². The number of oxime groups is 1. The van der Waals surface area contributed by atoms with E-state index in [-0.39, 0.29) is 5.91 Å². The fraction of sp³-hybridized carbons (Fsp3) is 0.714. The third-order valence-corrected chi connectivity index (χ3v) is 1.26. The molecule has 11 heavy (non-hydrogen) atoms. The number of carbonyl (C=O) groups excluding carboxylic acids is 1. The van der Waals surface area contributed by atoms with Crippen LogP contribution in [0.1, 0.15) is 26.7 Å². The molecule has 0 rings (SSSR count). The van der Waals surface area contributed by atoms with Crippen molar-refractivity contribution in [2.45, 2.75) is 26.7 Å². The first-order chi connectivity index (χ1) is 5.20. The molecular weight excluding hydrogens is 144 g/mol. The molecule has 0 aromatic rings. The minimum absolute atomic E-state index is 0.00417. The first kappa shape index (κ1) is 9.94. The molecule has 0 radical (unpaired) electrons. The van der Waals surface area contributed by atoms with Gasteiger partial charge in [-0.05, 0) is 20.3 Å². The molecule has 0 aromatic heterocycles. The Morgan fingerprint density at radius 1 is 1.55 bits per heavy atom. The van der Waals surface area contributed by atoms with Crippen molar-refractivity contribution in [3.8, 4) is 0 Å². The van der Waals surface area contributed by atoms with Gasteiger partial charge < -0.3 is 10.5 Å². The van der Waals surface area contributed by atoms with Crippen LogP contribution in [0.25, 0.3) is 0 Å². The van der Waals surface area contributed by atoms with Gasteiger partial charge in [-0.25, -0.2) is 0 Å². The van der Waals surface area contributed by atoms with Crippen molar-refractivity contribution in [2.75, 3.05) is 6.54 Å². The van der Waals surface area contributed by atoms with E-state index in [1.165, 1.54) is 0 Å². The fourth-order valence-electron chi connectivity index (χ4n) is 0.630. The second kappa shape index (κ2) is 5.70. The fourth-order valence-corrected chi connectivity index (χ4v) is 0.630. The minimum atomic E-state index is -0.00417. The molecule has 0 spiro atoms. The van der Waals surface area contributed by atoms with Crippen molar-refractivity contribution in [2.24, 2.45) is 5.16 Å². The largest absolute Gasteiger partial charge is 0.411 e. The SMILES string of the molecule is CCNC(=O)CCC(C)=NO. The lowest BCUT2D eigenvalue weighted by Crippen LogP contribution is -2.22. The highest BCUT2D eigenvalue weighted by Gasteiger charge is 1.99. The quantitative estimate of drug-likeness (QED) is 0.360. The summed E-state index contributed by atoms with van der Waals surface area (Å²) in [7, 11) is 0. The highest BCUT2D eigenvalue weighted by molar-refractivity contribution is 5.86. The van der Waals surface area contributed by atoms with E-state index in [1.54, 1.807) is 6.92 Å². The van der Waals surface area contributed by atoms with Gasteiger partial charge >= 0.3 is 0 Å². The Balaban J connectivity index is 3.46. The third kappa shape index (κ3) is 5.39. The lowest BCUT2D eigenvalue weighted by molar-refractivity contribution is -0.120. The van der Waals surface area contributed by atoms with E-state index in [1.807, 2.05) is 6.92 Å². The van der Waals surface area contributed by atoms with E-state index in [9.17, 15) is 4.79 Å². The summed E-state index contributed by atoms with van der Waals surface area (Å²) in [5.74, 6) is -0.00417. The number of rotatable bonds is 4. The Bertz CT molecular complexity index is 155. The maximum atomic E-state index is 10.8. The molecule has 64 valence electrons. The second-order valence-electron chi connectivity index (χ2n) is 2.29. The Hall–Kier alpha value is -1.06. The van der Waals surface area contributed by atoms with Gasteiger partial charge in [-0.3, -0.25) is 4.79 Å². The van der Waals surface area contributed by atoms with Gasteiger partial charge in [0.1, 0.15) is 0 Å². The lowest BCUT2D eigenvalue weighted by atomic mass is 10.2. The summed E-state index contributed by atoms with van der Waals surface area (Å²) in [6.07, 6.45) is 0.909. The van der Waals surface area contributed by atoms with Crippen molar-refractivity contribution >= 4 is 11.6 Å². The van der Waals surface area contributed by atoms with E-state index in [4.69, 9.17) is 5.21 Å². The van der Waals surface area contributed by atoms with Crippen molar-refractivity contribution in [3.63, 3.8) is 0 Å². The van der Waals surface area contributed by atoms with E-state index < -0.39 is 0 Å². The van der Waals surface area contributed by atoms with Crippen LogP contribution in [0, 0.1) is 0 Å². The summed E-state index contributed by atoms with van der Waals surface area (Å²) in [4.78, 5) is 10.8. The molecule has 0 fully saturated rings. The zero-order valence-corrected chi connectivity index (χ0v) is 6.92. The number of carbonyl (C=O) groups is 1. The first-order valence-electron chi connectivity index (χ1n) is 3.65. The summed E-state index contributed by atoms with van der Waals surface area (Å²) in [6.45, 7) is 4.19. The Labute approximate surface area is 66.3 Å². The van der Waals surface area contributed by atoms with Crippen LogP contribution in [-0.4, -0.2) is 23.4 Å². The van der Waals surface area contributed by atoms with E-state index in [2.05, 4.69) is 10.5 Å². The van der Waals surface area contributed by atoms with Crippen LogP contribution in [0.15, 0.2) is 5.16 Å². The van der Waals surface area contributed by atoms with Gasteiger partial charge in [-0.15, -0.1) is 0 Å². The maximum Gasteiger partial charge on any atom is 0.220 e. The summed E-state index contributed by atoms with van der Waals surface area (Å²) < 4.78 is 0. The number of amides is 1. The average molecular weight is 158 g/mol. The summed E-state index contributed by atoms with van der Waals surface area (Å²) >= 11 is 0. The molecule has 0 bridgehead atoms. The van der Waals surface area contributed by atoms with Gasteiger partial charge in [0.2, 0.25) is 5.91 Å². The zero-order chi connectivity index (χ0) is 8.69. The van der Waals surface area contributed by atoms with Crippen LogP contribution >= 0.6 is 0 Å². The van der Waals surface area contributed by atoms with Crippen LogP contribution in [-0.2, 0) is 4.79 Å². The molecular formula is C7H14N2O2. The van der Waals surface area contributed by atoms with Gasteiger partial charge in [0.05, 0.1) is 5.71 Å². The molecule has 1 amide bonds. The van der Waals surface area contributed by atoms with Crippen LogP contribution in [0.4, 0.5) is 0 Å². The topological polar surface area (TPSA) is 61.7 Å². The normalized spacial score (nSPS) is 11.3. The molecule has 0 aliphatic heterocycles. The molecule has 4 heteroatoms. The monoisotopic (exact) mass is 158 g/mol. The van der Waals surface area contributed by atoms with E-state index >= 15 is 0 Å². The summed E-state index contributed by atoms with van der Waals surface area (Å²) in [5, 5.41) is 13.8. The van der Waals surface area contributed by atoms with Crippen molar-refractivity contribution in [1.82, 2.24) is 5.32 Å². The molecule has 0 aromatic carbocycles. The second-order valence-corrected chi connectivity index (χ2v) is 2.29. The molecule has 0 unspecified atom stereocenters. The van der Waals surface area contributed by atoms with Crippen molar-refractivity contribution in [1.29, 1.82) is 0 Å². The Morgan fingerprint density at radius 2 is 2.18 bits per heavy atom. The number of hydrogen-bond donors (Lipinski definition) is 2. The van der Waals surface area contributed by atoms with E-state index in [0.29, 0.717) is 25.1 Å². The van der Waals surface area contributed by atoms with Gasteiger partial charge in [-0.2, -0.15) is 0 Å². The van der Waals surface area contributed by atoms with Crippen LogP contribution in [0.5, 0.6) is 0 Å². The molecule has 2 N–H and O–H groups in total. The third-order valence-electron chi connectivity index (χ3n) is 1.26. The average Bonchev–Trinajstić information content (AvgIpc) is 2.01. The summed E-state index contributed by atoms with van der Waals surface area (Å²) in [6, 6.07) is 0. The highest BCUT2D eigenvalue weighted by Crippen LogP contribution is 1.91. The molecule has 0 heterocycles. The molecule has 0 saturated heterocycles. The van der Waals surface area contributed by atoms with Gasteiger partial charge in [0, 0.05) is 13.0 Å². The van der Waals surface area contributed by atoms with Crippen molar-refractivity contribution in [3.05, 3.63) is 0 Å². The lowest BCUT2D eigenvalue weighted by Gasteiger charge is -1.99. The smallest absolute Gasteiger partial charge is 0.220 e. The molecule has 0 aliphatic rings. The van der Waals surface area contributed by atoms with Crippen molar-refractivity contribution < 1.29 is 10.0 Å². The molecule has 0 atom stereocenters. The van der Waals surface area contributed by atoms with Gasteiger partial charge in [0.25, 0.3) is 0 Å². The standard InChI is InChI=1S/C7H14N2O2/c1-3-8-7(10)5-4-6(2)9-11/h11H,3-5H2,1-2H3,(H,8,10). The number of nitrogens with one attached hydrogen (secondary N) is 1. The molecule has 0 saturated carbocycles. The van der Waals surface area contributed by atoms with E-state index in [0.717, 1.165) is 0 Å². The van der Waals surface area contributed by atoms with Gasteiger partial charge in [0.15, 0.2) is 0 Å². The van der Waals surface area contributed by atoms with Crippen LogP contribution < -0.4 is 5.32 Å². The number of hydrogen-bond acceptors (Lipinski definition) is 3. The highest BCUT2D eigenvalue weighted by atomic mass is 16.4. The Kier molecular flexibility index (Phi) is 5.15. The van der Waals surface area contributed by atoms with Crippen LogP contribution in [0.2, 0.25) is 0 Å². The predicted octanol–water partition coefficient (Wildman–Crippen LogP) is 0.753. The summed E-state index contributed by atoms with van der Waals surface area (Å²) in [5.41, 5.74) is 0.580. The zero-order valence-electron chi connectivity index (χ0n) is 6.92. The minimum Gasteiger partial charge on any atom is -0.411 e. The first-order valence-corrected chi connectivity index (χ1v) is 3.65.